The van der Waals surface area contributed by atoms with Crippen molar-refractivity contribution in [2.24, 2.45) is 0 Å². The zero-order valence-corrected chi connectivity index (χ0v) is 24.9. The van der Waals surface area contributed by atoms with Gasteiger partial charge in [-0.3, -0.25) is 19.3 Å². The van der Waals surface area contributed by atoms with E-state index in [-0.39, 0.29) is 18.0 Å². The number of hydrogen-bond donors (Lipinski definition) is 2. The molecule has 0 aliphatic carbocycles. The summed E-state index contributed by atoms with van der Waals surface area (Å²) in [7, 11) is 0. The lowest BCUT2D eigenvalue weighted by molar-refractivity contribution is -0.137. The van der Waals surface area contributed by atoms with E-state index in [1.165, 1.54) is 35.2 Å². The SMILES string of the molecule is CCN1C(=O)[C@@H](NC(=O)c2cccc(C(F)(F)F)c2)[C@@H](c2ccc(F)cc2)c2c([C@H](C)NC(=O)CCl)nn(-c3ccccc3)c21. The monoisotopic (exact) mass is 641 g/mol. The largest absolute Gasteiger partial charge is 0.416 e. The van der Waals surface area contributed by atoms with Gasteiger partial charge in [-0.25, -0.2) is 9.07 Å². The number of amides is 3. The molecule has 2 heterocycles. The minimum Gasteiger partial charge on any atom is -0.347 e. The molecule has 0 spiro atoms. The maximum Gasteiger partial charge on any atom is 0.416 e. The number of carbonyl (C=O) groups is 3. The third kappa shape index (κ3) is 6.28. The Bertz CT molecular complexity index is 1730. The van der Waals surface area contributed by atoms with E-state index in [4.69, 9.17) is 16.7 Å². The molecule has 0 saturated carbocycles. The van der Waals surface area contributed by atoms with E-state index in [1.54, 1.807) is 42.8 Å². The Morgan fingerprint density at radius 2 is 1.71 bits per heavy atom. The molecule has 2 N–H and O–H groups in total. The summed E-state index contributed by atoms with van der Waals surface area (Å²) < 4.78 is 56.0. The number of halogens is 5. The normalized spacial score (nSPS) is 17.0. The van der Waals surface area contributed by atoms with Crippen LogP contribution in [0.2, 0.25) is 0 Å². The second kappa shape index (κ2) is 12.7. The van der Waals surface area contributed by atoms with Crippen LogP contribution in [0.4, 0.5) is 23.4 Å². The summed E-state index contributed by atoms with van der Waals surface area (Å²) >= 11 is 5.77. The van der Waals surface area contributed by atoms with Gasteiger partial charge in [-0.15, -0.1) is 11.6 Å². The summed E-state index contributed by atoms with van der Waals surface area (Å²) in [6, 6.07) is 16.1. The first kappa shape index (κ1) is 31.7. The molecule has 3 aromatic carbocycles. The van der Waals surface area contributed by atoms with Gasteiger partial charge in [-0.1, -0.05) is 36.4 Å². The van der Waals surface area contributed by atoms with Crippen molar-refractivity contribution in [3.63, 3.8) is 0 Å². The van der Waals surface area contributed by atoms with Crippen molar-refractivity contribution in [3.8, 4) is 5.69 Å². The number of likely N-dealkylation sites (N-methyl/N-ethyl adjacent to an activating group) is 1. The number of nitrogens with zero attached hydrogens (tertiary/aromatic N) is 3. The van der Waals surface area contributed by atoms with Crippen molar-refractivity contribution >= 4 is 35.1 Å². The molecule has 0 saturated heterocycles. The second-order valence-electron chi connectivity index (χ2n) is 10.4. The molecule has 8 nitrogen and oxygen atoms in total. The molecule has 3 atom stereocenters. The molecule has 13 heteroatoms. The first-order valence-corrected chi connectivity index (χ1v) is 14.6. The van der Waals surface area contributed by atoms with Gasteiger partial charge in [0.1, 0.15) is 23.6 Å². The number of fused-ring (bicyclic) bond motifs is 1. The highest BCUT2D eigenvalue weighted by Gasteiger charge is 2.47. The highest BCUT2D eigenvalue weighted by atomic mass is 35.5. The molecule has 1 aromatic heterocycles. The zero-order chi connectivity index (χ0) is 32.5. The standard InChI is InChI=1S/C32H28ClF4N5O3/c1-3-41-30-26(27(18(2)38-24(43)17-33)40-42(30)23-10-5-4-6-11-23)25(19-12-14-22(34)15-13-19)28(31(41)45)39-29(44)20-8-7-9-21(16-20)32(35,36)37/h4-16,18,25,28H,3,17H2,1-2H3,(H,38,43)(H,39,44)/t18-,25-,28-/m0/s1. The van der Waals surface area contributed by atoms with E-state index < -0.39 is 53.3 Å². The van der Waals surface area contributed by atoms with Crippen molar-refractivity contribution < 1.29 is 31.9 Å². The summed E-state index contributed by atoms with van der Waals surface area (Å²) in [6.07, 6.45) is -4.69. The van der Waals surface area contributed by atoms with Crippen LogP contribution in [-0.2, 0) is 15.8 Å². The van der Waals surface area contributed by atoms with Crippen LogP contribution in [0.25, 0.3) is 5.69 Å². The molecule has 0 bridgehead atoms. The smallest absolute Gasteiger partial charge is 0.347 e. The lowest BCUT2D eigenvalue weighted by Crippen LogP contribution is -2.55. The predicted octanol–water partition coefficient (Wildman–Crippen LogP) is 5.74. The molecule has 1 aliphatic rings. The third-order valence-electron chi connectivity index (χ3n) is 7.55. The summed E-state index contributed by atoms with van der Waals surface area (Å²) in [6.45, 7) is 3.55. The van der Waals surface area contributed by atoms with Gasteiger partial charge in [-0.2, -0.15) is 18.3 Å². The number of benzene rings is 3. The maximum absolute atomic E-state index is 14.3. The quantitative estimate of drug-likeness (QED) is 0.189. The molecule has 1 aliphatic heterocycles. The van der Waals surface area contributed by atoms with Crippen LogP contribution in [-0.4, -0.2) is 46.0 Å². The Labute approximate surface area is 261 Å². The maximum atomic E-state index is 14.3. The van der Waals surface area contributed by atoms with Gasteiger partial charge >= 0.3 is 6.18 Å². The number of anilines is 1. The minimum absolute atomic E-state index is 0.137. The molecule has 0 radical (unpaired) electrons. The van der Waals surface area contributed by atoms with E-state index in [0.29, 0.717) is 34.4 Å². The number of hydrogen-bond acceptors (Lipinski definition) is 4. The fourth-order valence-electron chi connectivity index (χ4n) is 5.54. The molecule has 0 unspecified atom stereocenters. The number of nitrogens with one attached hydrogen (secondary N) is 2. The average molecular weight is 642 g/mol. The van der Waals surface area contributed by atoms with Crippen molar-refractivity contribution in [3.05, 3.63) is 113 Å². The Hall–Kier alpha value is -4.71. The predicted molar refractivity (Wildman–Crippen MR) is 160 cm³/mol. The average Bonchev–Trinajstić information content (AvgIpc) is 3.42. The lowest BCUT2D eigenvalue weighted by Gasteiger charge is -2.39. The Balaban J connectivity index is 1.72. The van der Waals surface area contributed by atoms with E-state index in [9.17, 15) is 31.9 Å². The van der Waals surface area contributed by atoms with Crippen LogP contribution < -0.4 is 15.5 Å². The number of alkyl halides is 4. The van der Waals surface area contributed by atoms with Crippen LogP contribution in [0.5, 0.6) is 0 Å². The molecule has 5 rings (SSSR count). The van der Waals surface area contributed by atoms with Crippen molar-refractivity contribution in [1.82, 2.24) is 20.4 Å². The van der Waals surface area contributed by atoms with Gasteiger partial charge in [0.25, 0.3) is 11.8 Å². The van der Waals surface area contributed by atoms with E-state index >= 15 is 0 Å². The molecule has 234 valence electrons. The molecule has 45 heavy (non-hydrogen) atoms. The number of para-hydroxylation sites is 1. The van der Waals surface area contributed by atoms with Crippen LogP contribution in [0, 0.1) is 5.82 Å². The first-order valence-electron chi connectivity index (χ1n) is 14.0. The Morgan fingerprint density at radius 3 is 2.33 bits per heavy atom. The molecule has 0 fully saturated rings. The second-order valence-corrected chi connectivity index (χ2v) is 10.7. The van der Waals surface area contributed by atoms with Gasteiger partial charge in [0.2, 0.25) is 5.91 Å². The molecule has 3 amide bonds. The van der Waals surface area contributed by atoms with E-state index in [1.807, 2.05) is 6.07 Å². The van der Waals surface area contributed by atoms with Gasteiger partial charge in [0.15, 0.2) is 0 Å². The summed E-state index contributed by atoms with van der Waals surface area (Å²) in [5, 5.41) is 10.3. The van der Waals surface area contributed by atoms with Gasteiger partial charge in [0, 0.05) is 23.6 Å². The van der Waals surface area contributed by atoms with E-state index in [2.05, 4.69) is 10.6 Å². The van der Waals surface area contributed by atoms with Crippen LogP contribution >= 0.6 is 11.6 Å². The van der Waals surface area contributed by atoms with Crippen molar-refractivity contribution in [2.75, 3.05) is 17.3 Å². The molecule has 4 aromatic rings. The van der Waals surface area contributed by atoms with Crippen LogP contribution in [0.3, 0.4) is 0 Å². The summed E-state index contributed by atoms with van der Waals surface area (Å²) in [5.41, 5.74) is 0.530. The Morgan fingerprint density at radius 1 is 1.02 bits per heavy atom. The first-order chi connectivity index (χ1) is 21.4. The number of carbonyl (C=O) groups excluding carboxylic acids is 3. The molecular formula is C32H28ClF4N5O3. The van der Waals surface area contributed by atoms with Crippen LogP contribution in [0.15, 0.2) is 78.9 Å². The van der Waals surface area contributed by atoms with Crippen molar-refractivity contribution in [2.45, 2.75) is 38.0 Å². The fourth-order valence-corrected chi connectivity index (χ4v) is 5.61. The fraction of sp³-hybridized carbons (Fsp3) is 0.250. The van der Waals surface area contributed by atoms with E-state index in [0.717, 1.165) is 12.1 Å². The highest BCUT2D eigenvalue weighted by molar-refractivity contribution is 6.27. The zero-order valence-electron chi connectivity index (χ0n) is 24.1. The lowest BCUT2D eigenvalue weighted by atomic mass is 9.80. The van der Waals surface area contributed by atoms with Gasteiger partial charge in [0.05, 0.1) is 23.0 Å². The topological polar surface area (TPSA) is 96.3 Å². The number of aromatic nitrogens is 2. The van der Waals surface area contributed by atoms with Crippen molar-refractivity contribution in [1.29, 1.82) is 0 Å². The summed E-state index contributed by atoms with van der Waals surface area (Å²) in [5.74, 6) is -3.40. The summed E-state index contributed by atoms with van der Waals surface area (Å²) in [4.78, 5) is 41.6. The molecular weight excluding hydrogens is 614 g/mol. The highest BCUT2D eigenvalue weighted by Crippen LogP contribution is 2.45. The van der Waals surface area contributed by atoms with Gasteiger partial charge < -0.3 is 10.6 Å². The number of rotatable bonds is 8. The van der Waals surface area contributed by atoms with Gasteiger partial charge in [-0.05, 0) is 61.9 Å². The minimum atomic E-state index is -4.69. The third-order valence-corrected chi connectivity index (χ3v) is 7.79. The van der Waals surface area contributed by atoms with Crippen LogP contribution in [0.1, 0.15) is 58.5 Å². The Kier molecular flexibility index (Phi) is 8.96.